The Morgan fingerprint density at radius 3 is 2.64 bits per heavy atom. The minimum atomic E-state index is -1.07. The van der Waals surface area contributed by atoms with Crippen LogP contribution in [0, 0.1) is 12.7 Å². The van der Waals surface area contributed by atoms with Crippen molar-refractivity contribution in [3.63, 3.8) is 0 Å². The molecule has 6 nitrogen and oxygen atoms in total. The van der Waals surface area contributed by atoms with Crippen molar-refractivity contribution in [1.82, 2.24) is 0 Å². The van der Waals surface area contributed by atoms with Crippen molar-refractivity contribution in [1.29, 1.82) is 0 Å². The second-order valence-electron chi connectivity index (χ2n) is 6.19. The lowest BCUT2D eigenvalue weighted by Gasteiger charge is -2.25. The summed E-state index contributed by atoms with van der Waals surface area (Å²) >= 11 is 5.86. The van der Waals surface area contributed by atoms with E-state index in [9.17, 15) is 19.1 Å². The summed E-state index contributed by atoms with van der Waals surface area (Å²) < 4.78 is 24.4. The van der Waals surface area contributed by atoms with Crippen LogP contribution in [0.25, 0.3) is 0 Å². The van der Waals surface area contributed by atoms with E-state index in [0.717, 1.165) is 11.0 Å². The standard InChI is InChI=1S/C20H13ClFNO5/c1-10-4-7-14(28-10)17-16(18(24)15-3-2-8-27-15)19(25)20(26)23(17)11-5-6-13(22)12(21)9-11/h2-9,17,25H,1H3. The third-order valence-electron chi connectivity index (χ3n) is 4.41. The third-order valence-corrected chi connectivity index (χ3v) is 4.70. The molecule has 1 unspecified atom stereocenters. The predicted molar refractivity (Wildman–Crippen MR) is 97.8 cm³/mol. The van der Waals surface area contributed by atoms with Crippen molar-refractivity contribution in [2.45, 2.75) is 13.0 Å². The number of hydrogen-bond donors (Lipinski definition) is 1. The van der Waals surface area contributed by atoms with Crippen molar-refractivity contribution in [2.75, 3.05) is 4.90 Å². The first-order valence-electron chi connectivity index (χ1n) is 8.24. The van der Waals surface area contributed by atoms with Gasteiger partial charge in [-0.15, -0.1) is 0 Å². The number of amides is 1. The van der Waals surface area contributed by atoms with Gasteiger partial charge in [-0.3, -0.25) is 14.5 Å². The molecule has 0 aliphatic carbocycles. The zero-order chi connectivity index (χ0) is 20.0. The smallest absolute Gasteiger partial charge is 0.294 e. The van der Waals surface area contributed by atoms with E-state index in [-0.39, 0.29) is 27.8 Å². The summed E-state index contributed by atoms with van der Waals surface area (Å²) in [5.41, 5.74) is -0.000930. The molecule has 0 fully saturated rings. The first kappa shape index (κ1) is 18.1. The minimum Gasteiger partial charge on any atom is -0.503 e. The second-order valence-corrected chi connectivity index (χ2v) is 6.60. The Morgan fingerprint density at radius 2 is 2.04 bits per heavy atom. The van der Waals surface area contributed by atoms with Crippen LogP contribution in [0.15, 0.2) is 68.9 Å². The molecule has 0 radical (unpaired) electrons. The van der Waals surface area contributed by atoms with Crippen LogP contribution in [-0.2, 0) is 4.79 Å². The largest absolute Gasteiger partial charge is 0.503 e. The number of nitrogens with zero attached hydrogens (tertiary/aromatic N) is 1. The van der Waals surface area contributed by atoms with E-state index in [4.69, 9.17) is 20.4 Å². The normalized spacial score (nSPS) is 16.9. The zero-order valence-electron chi connectivity index (χ0n) is 14.5. The van der Waals surface area contributed by atoms with Gasteiger partial charge in [0.1, 0.15) is 23.4 Å². The van der Waals surface area contributed by atoms with Crippen molar-refractivity contribution in [2.24, 2.45) is 0 Å². The molecule has 1 aliphatic rings. The number of carbonyl (C=O) groups is 2. The fraction of sp³-hybridized carbons (Fsp3) is 0.100. The highest BCUT2D eigenvalue weighted by Crippen LogP contribution is 2.43. The van der Waals surface area contributed by atoms with E-state index >= 15 is 0 Å². The lowest BCUT2D eigenvalue weighted by atomic mass is 9.99. The first-order chi connectivity index (χ1) is 13.4. The second kappa shape index (κ2) is 6.69. The van der Waals surface area contributed by atoms with Crippen molar-refractivity contribution in [3.05, 3.63) is 88.2 Å². The van der Waals surface area contributed by atoms with Gasteiger partial charge >= 0.3 is 0 Å². The summed E-state index contributed by atoms with van der Waals surface area (Å²) in [5.74, 6) is -2.13. The first-order valence-corrected chi connectivity index (χ1v) is 8.62. The molecule has 0 saturated carbocycles. The number of benzene rings is 1. The summed E-state index contributed by atoms with van der Waals surface area (Å²) in [6.45, 7) is 1.71. The summed E-state index contributed by atoms with van der Waals surface area (Å²) in [5, 5.41) is 10.3. The Hall–Kier alpha value is -3.32. The molecule has 28 heavy (non-hydrogen) atoms. The lowest BCUT2D eigenvalue weighted by molar-refractivity contribution is -0.117. The molecule has 1 atom stereocenters. The number of Topliss-reactive ketones (excluding diaryl/α,β-unsaturated/α-hetero) is 1. The summed E-state index contributed by atoms with van der Waals surface area (Å²) in [6.07, 6.45) is 1.31. The van der Waals surface area contributed by atoms with Gasteiger partial charge in [-0.05, 0) is 49.4 Å². The topological polar surface area (TPSA) is 83.9 Å². The molecule has 8 heteroatoms. The predicted octanol–water partition coefficient (Wildman–Crippen LogP) is 4.76. The van der Waals surface area contributed by atoms with Gasteiger partial charge in [0, 0.05) is 5.69 Å². The minimum absolute atomic E-state index is 0.0402. The van der Waals surface area contributed by atoms with Crippen LogP contribution in [0.3, 0.4) is 0 Å². The van der Waals surface area contributed by atoms with Gasteiger partial charge in [-0.1, -0.05) is 11.6 Å². The van der Waals surface area contributed by atoms with E-state index in [1.165, 1.54) is 30.5 Å². The summed E-state index contributed by atoms with van der Waals surface area (Å²) in [6, 6.07) is 8.80. The Morgan fingerprint density at radius 1 is 1.25 bits per heavy atom. The fourth-order valence-electron chi connectivity index (χ4n) is 3.15. The maximum Gasteiger partial charge on any atom is 0.294 e. The molecule has 4 rings (SSSR count). The highest BCUT2D eigenvalue weighted by Gasteiger charge is 2.46. The number of aryl methyl sites for hydroxylation is 1. The Labute approximate surface area is 163 Å². The number of halogens is 2. The quantitative estimate of drug-likeness (QED) is 0.637. The van der Waals surface area contributed by atoms with Crippen LogP contribution in [0.2, 0.25) is 5.02 Å². The molecule has 0 spiro atoms. The van der Waals surface area contributed by atoms with Gasteiger partial charge in [0.15, 0.2) is 11.5 Å². The van der Waals surface area contributed by atoms with Crippen LogP contribution < -0.4 is 4.90 Å². The molecular formula is C20H13ClFNO5. The number of aliphatic hydroxyl groups is 1. The highest BCUT2D eigenvalue weighted by atomic mass is 35.5. The van der Waals surface area contributed by atoms with E-state index in [1.807, 2.05) is 0 Å². The average molecular weight is 402 g/mol. The van der Waals surface area contributed by atoms with E-state index in [1.54, 1.807) is 19.1 Å². The molecule has 0 bridgehead atoms. The monoisotopic (exact) mass is 401 g/mol. The van der Waals surface area contributed by atoms with Gasteiger partial charge in [0.2, 0.25) is 5.78 Å². The van der Waals surface area contributed by atoms with E-state index in [0.29, 0.717) is 5.76 Å². The maximum atomic E-state index is 13.6. The zero-order valence-corrected chi connectivity index (χ0v) is 15.2. The van der Waals surface area contributed by atoms with Crippen LogP contribution in [0.1, 0.15) is 28.1 Å². The molecule has 3 heterocycles. The lowest BCUT2D eigenvalue weighted by Crippen LogP contribution is -2.30. The van der Waals surface area contributed by atoms with Crippen LogP contribution in [0.4, 0.5) is 10.1 Å². The van der Waals surface area contributed by atoms with Gasteiger partial charge in [0.05, 0.1) is 16.9 Å². The molecule has 0 saturated heterocycles. The van der Waals surface area contributed by atoms with Gasteiger partial charge < -0.3 is 13.9 Å². The molecule has 2 aromatic heterocycles. The number of hydrogen-bond acceptors (Lipinski definition) is 5. The molecule has 142 valence electrons. The summed E-state index contributed by atoms with van der Waals surface area (Å²) in [4.78, 5) is 26.9. The molecule has 1 amide bonds. The average Bonchev–Trinajstić information content (AvgIpc) is 3.39. The molecule has 3 aromatic rings. The number of carbonyl (C=O) groups excluding carboxylic acids is 2. The number of anilines is 1. The number of ketones is 1. The van der Waals surface area contributed by atoms with Crippen molar-refractivity contribution >= 4 is 29.0 Å². The number of rotatable bonds is 4. The van der Waals surface area contributed by atoms with Crippen LogP contribution >= 0.6 is 11.6 Å². The van der Waals surface area contributed by atoms with E-state index in [2.05, 4.69) is 0 Å². The fourth-order valence-corrected chi connectivity index (χ4v) is 3.32. The highest BCUT2D eigenvalue weighted by molar-refractivity contribution is 6.31. The Balaban J connectivity index is 1.88. The van der Waals surface area contributed by atoms with Crippen LogP contribution in [-0.4, -0.2) is 16.8 Å². The third kappa shape index (κ3) is 2.80. The maximum absolute atomic E-state index is 13.6. The van der Waals surface area contributed by atoms with Gasteiger partial charge in [-0.25, -0.2) is 4.39 Å². The molecular weight excluding hydrogens is 389 g/mol. The van der Waals surface area contributed by atoms with Gasteiger partial charge in [0.25, 0.3) is 5.91 Å². The van der Waals surface area contributed by atoms with Crippen LogP contribution in [0.5, 0.6) is 0 Å². The van der Waals surface area contributed by atoms with Gasteiger partial charge in [-0.2, -0.15) is 0 Å². The Kier molecular flexibility index (Phi) is 4.31. The Bertz CT molecular complexity index is 1120. The summed E-state index contributed by atoms with van der Waals surface area (Å²) in [7, 11) is 0. The number of aliphatic hydroxyl groups excluding tert-OH is 1. The van der Waals surface area contributed by atoms with Crippen molar-refractivity contribution < 1.29 is 27.9 Å². The molecule has 1 aliphatic heterocycles. The van der Waals surface area contributed by atoms with Crippen molar-refractivity contribution in [3.8, 4) is 0 Å². The molecule has 1 N–H and O–H groups in total. The van der Waals surface area contributed by atoms with E-state index < -0.39 is 29.3 Å². The number of furan rings is 2. The molecule has 1 aromatic carbocycles. The SMILES string of the molecule is Cc1ccc(C2C(C(=O)c3ccco3)=C(O)C(=O)N2c2ccc(F)c(Cl)c2)o1.